The van der Waals surface area contributed by atoms with E-state index < -0.39 is 6.04 Å². The Morgan fingerprint density at radius 2 is 1.60 bits per heavy atom. The highest BCUT2D eigenvalue weighted by atomic mass is 16.2. The Kier molecular flexibility index (Phi) is 2.96. The number of rotatable bonds is 2. The van der Waals surface area contributed by atoms with Crippen molar-refractivity contribution >= 4 is 17.7 Å². The van der Waals surface area contributed by atoms with Crippen LogP contribution < -0.4 is 0 Å². The molecule has 5 heteroatoms. The van der Waals surface area contributed by atoms with Gasteiger partial charge in [0.1, 0.15) is 6.04 Å². The van der Waals surface area contributed by atoms with Crippen LogP contribution in [0.15, 0.2) is 12.2 Å². The second-order valence-electron chi connectivity index (χ2n) is 6.30. The molecule has 3 aliphatic carbocycles. The van der Waals surface area contributed by atoms with Crippen LogP contribution in [0.1, 0.15) is 19.8 Å². The lowest BCUT2D eigenvalue weighted by Gasteiger charge is -2.38. The molecule has 108 valence electrons. The largest absolute Gasteiger partial charge is 0.347 e. The molecule has 1 saturated heterocycles. The van der Waals surface area contributed by atoms with E-state index in [1.807, 2.05) is 0 Å². The summed E-state index contributed by atoms with van der Waals surface area (Å²) in [5, 5.41) is 0. The normalized spacial score (nSPS) is 36.2. The molecule has 3 amide bonds. The van der Waals surface area contributed by atoms with Crippen molar-refractivity contribution in [3.8, 4) is 0 Å². The van der Waals surface area contributed by atoms with E-state index in [2.05, 4.69) is 12.2 Å². The number of amides is 3. The Morgan fingerprint density at radius 3 is 1.95 bits per heavy atom. The van der Waals surface area contributed by atoms with Crippen LogP contribution >= 0.6 is 0 Å². The molecule has 0 aromatic carbocycles. The second-order valence-corrected chi connectivity index (χ2v) is 6.30. The van der Waals surface area contributed by atoms with Crippen molar-refractivity contribution in [2.75, 3.05) is 14.1 Å². The van der Waals surface area contributed by atoms with Crippen LogP contribution in [0.25, 0.3) is 0 Å². The standard InChI is InChI=1S/C15H20N2O3/c1-8(13(18)16(2)3)17-14(19)11-9-4-5-10(7-6-9)12(11)15(17)20/h4-5,8-12H,6-7H2,1-3H3/t8-,9-,10-,11-,12+/m0/s1. The van der Waals surface area contributed by atoms with Gasteiger partial charge in [-0.1, -0.05) is 12.2 Å². The van der Waals surface area contributed by atoms with E-state index in [1.165, 1.54) is 9.80 Å². The molecular weight excluding hydrogens is 256 g/mol. The summed E-state index contributed by atoms with van der Waals surface area (Å²) in [6.07, 6.45) is 6.13. The first-order valence-electron chi connectivity index (χ1n) is 7.20. The number of imide groups is 1. The first-order chi connectivity index (χ1) is 9.43. The Balaban J connectivity index is 1.91. The molecule has 2 fully saturated rings. The van der Waals surface area contributed by atoms with Gasteiger partial charge in [0.25, 0.3) is 0 Å². The molecule has 0 unspecified atom stereocenters. The fourth-order valence-corrected chi connectivity index (χ4v) is 3.96. The minimum absolute atomic E-state index is 0.151. The Labute approximate surface area is 118 Å². The lowest BCUT2D eigenvalue weighted by molar-refractivity contribution is -0.150. The molecule has 4 aliphatic rings. The predicted octanol–water partition coefficient (Wildman–Crippen LogP) is 0.660. The minimum Gasteiger partial charge on any atom is -0.347 e. The van der Waals surface area contributed by atoms with Gasteiger partial charge in [0.15, 0.2) is 0 Å². The molecule has 1 saturated carbocycles. The highest BCUT2D eigenvalue weighted by Crippen LogP contribution is 2.49. The number of nitrogens with zero attached hydrogens (tertiary/aromatic N) is 2. The van der Waals surface area contributed by atoms with E-state index in [4.69, 9.17) is 0 Å². The molecule has 5 nitrogen and oxygen atoms in total. The van der Waals surface area contributed by atoms with Crippen LogP contribution in [0.5, 0.6) is 0 Å². The van der Waals surface area contributed by atoms with Gasteiger partial charge in [0.2, 0.25) is 17.7 Å². The molecule has 20 heavy (non-hydrogen) atoms. The van der Waals surface area contributed by atoms with Gasteiger partial charge in [0, 0.05) is 14.1 Å². The summed E-state index contributed by atoms with van der Waals surface area (Å²) in [6, 6.07) is -0.699. The monoisotopic (exact) mass is 276 g/mol. The van der Waals surface area contributed by atoms with E-state index in [0.29, 0.717) is 0 Å². The molecule has 4 rings (SSSR count). The van der Waals surface area contributed by atoms with Crippen molar-refractivity contribution in [2.24, 2.45) is 23.7 Å². The molecule has 1 heterocycles. The molecule has 0 N–H and O–H groups in total. The molecule has 0 spiro atoms. The summed E-state index contributed by atoms with van der Waals surface area (Å²) in [5.41, 5.74) is 0. The molecule has 0 radical (unpaired) electrons. The molecule has 0 aromatic heterocycles. The van der Waals surface area contributed by atoms with Crippen LogP contribution in [-0.2, 0) is 14.4 Å². The van der Waals surface area contributed by atoms with Gasteiger partial charge in [-0.05, 0) is 31.6 Å². The van der Waals surface area contributed by atoms with E-state index in [-0.39, 0.29) is 41.4 Å². The zero-order valence-electron chi connectivity index (χ0n) is 12.1. The molecule has 2 bridgehead atoms. The van der Waals surface area contributed by atoms with E-state index >= 15 is 0 Å². The van der Waals surface area contributed by atoms with E-state index in [9.17, 15) is 14.4 Å². The van der Waals surface area contributed by atoms with E-state index in [0.717, 1.165) is 12.8 Å². The highest BCUT2D eigenvalue weighted by Gasteiger charge is 2.58. The SMILES string of the molecule is C[C@@H](C(=O)N(C)C)N1C(=O)[C@@H]2[C@H](C1=O)[C@H]1C=C[C@H]2CC1. The number of carbonyl (C=O) groups excluding carboxylic acids is 3. The zero-order valence-corrected chi connectivity index (χ0v) is 12.1. The molecule has 0 aromatic rings. The summed E-state index contributed by atoms with van der Waals surface area (Å²) < 4.78 is 0. The summed E-state index contributed by atoms with van der Waals surface area (Å²) in [4.78, 5) is 39.9. The van der Waals surface area contributed by atoms with Gasteiger partial charge in [-0.25, -0.2) is 0 Å². The number of allylic oxidation sites excluding steroid dienone is 2. The number of likely N-dealkylation sites (tertiary alicyclic amines) is 1. The Bertz CT molecular complexity index is 479. The number of hydrogen-bond donors (Lipinski definition) is 0. The molecule has 5 atom stereocenters. The number of likely N-dealkylation sites (N-methyl/N-ethyl adjacent to an activating group) is 1. The Morgan fingerprint density at radius 1 is 1.15 bits per heavy atom. The second kappa shape index (κ2) is 4.43. The number of hydrogen-bond acceptors (Lipinski definition) is 3. The lowest BCUT2D eigenvalue weighted by Crippen LogP contribution is -2.48. The summed E-state index contributed by atoms with van der Waals surface area (Å²) in [7, 11) is 3.28. The fraction of sp³-hybridized carbons (Fsp3) is 0.667. The van der Waals surface area contributed by atoms with Gasteiger partial charge < -0.3 is 4.90 Å². The first-order valence-corrected chi connectivity index (χ1v) is 7.20. The van der Waals surface area contributed by atoms with Crippen molar-refractivity contribution in [1.82, 2.24) is 9.80 Å². The van der Waals surface area contributed by atoms with Gasteiger partial charge in [-0.15, -0.1) is 0 Å². The van der Waals surface area contributed by atoms with Crippen LogP contribution in [0.2, 0.25) is 0 Å². The van der Waals surface area contributed by atoms with Crippen molar-refractivity contribution in [1.29, 1.82) is 0 Å². The summed E-state index contributed by atoms with van der Waals surface area (Å²) >= 11 is 0. The molecule has 1 aliphatic heterocycles. The lowest BCUT2D eigenvalue weighted by atomic mass is 9.63. The maximum absolute atomic E-state index is 12.6. The van der Waals surface area contributed by atoms with Crippen LogP contribution in [0, 0.1) is 23.7 Å². The van der Waals surface area contributed by atoms with Crippen LogP contribution in [0.3, 0.4) is 0 Å². The fourth-order valence-electron chi connectivity index (χ4n) is 3.96. The average Bonchev–Trinajstić information content (AvgIpc) is 2.73. The third kappa shape index (κ3) is 1.65. The maximum Gasteiger partial charge on any atom is 0.245 e. The Hall–Kier alpha value is -1.65. The first kappa shape index (κ1) is 13.3. The van der Waals surface area contributed by atoms with Gasteiger partial charge in [0.05, 0.1) is 11.8 Å². The minimum atomic E-state index is -0.699. The number of fused-ring (bicyclic) bond motifs is 1. The number of carbonyl (C=O) groups is 3. The van der Waals surface area contributed by atoms with Crippen molar-refractivity contribution in [3.05, 3.63) is 12.2 Å². The maximum atomic E-state index is 12.6. The average molecular weight is 276 g/mol. The zero-order chi connectivity index (χ0) is 14.6. The highest BCUT2D eigenvalue weighted by molar-refractivity contribution is 6.08. The summed E-state index contributed by atoms with van der Waals surface area (Å²) in [6.45, 7) is 1.64. The third-order valence-electron chi connectivity index (χ3n) is 4.98. The van der Waals surface area contributed by atoms with Crippen molar-refractivity contribution in [2.45, 2.75) is 25.8 Å². The topological polar surface area (TPSA) is 57.7 Å². The van der Waals surface area contributed by atoms with Crippen molar-refractivity contribution < 1.29 is 14.4 Å². The van der Waals surface area contributed by atoms with Crippen LogP contribution in [0.4, 0.5) is 0 Å². The van der Waals surface area contributed by atoms with Gasteiger partial charge in [-0.2, -0.15) is 0 Å². The smallest absolute Gasteiger partial charge is 0.245 e. The third-order valence-corrected chi connectivity index (χ3v) is 4.98. The molecular formula is C15H20N2O3. The predicted molar refractivity (Wildman–Crippen MR) is 72.3 cm³/mol. The van der Waals surface area contributed by atoms with E-state index in [1.54, 1.807) is 21.0 Å². The summed E-state index contributed by atoms with van der Waals surface area (Å²) in [5.74, 6) is -0.623. The van der Waals surface area contributed by atoms with Crippen LogP contribution in [-0.4, -0.2) is 47.7 Å². The van der Waals surface area contributed by atoms with Gasteiger partial charge >= 0.3 is 0 Å². The quantitative estimate of drug-likeness (QED) is 0.550. The van der Waals surface area contributed by atoms with Crippen molar-refractivity contribution in [3.63, 3.8) is 0 Å². The van der Waals surface area contributed by atoms with Gasteiger partial charge in [-0.3, -0.25) is 19.3 Å².